The molecule has 0 bridgehead atoms. The van der Waals surface area contributed by atoms with Crippen molar-refractivity contribution in [2.75, 3.05) is 5.75 Å². The van der Waals surface area contributed by atoms with Gasteiger partial charge in [0.15, 0.2) is 0 Å². The van der Waals surface area contributed by atoms with Crippen molar-refractivity contribution in [1.29, 1.82) is 0 Å². The molecule has 0 aliphatic carbocycles. The summed E-state index contributed by atoms with van der Waals surface area (Å²) in [5.41, 5.74) is 1.95. The molecule has 178 valence electrons. The van der Waals surface area contributed by atoms with Gasteiger partial charge in [0.25, 0.3) is 5.91 Å². The Kier molecular flexibility index (Phi) is 8.96. The van der Waals surface area contributed by atoms with Crippen molar-refractivity contribution >= 4 is 40.9 Å². The van der Waals surface area contributed by atoms with E-state index in [-0.39, 0.29) is 28.8 Å². The van der Waals surface area contributed by atoms with Gasteiger partial charge in [0.2, 0.25) is 0 Å². The summed E-state index contributed by atoms with van der Waals surface area (Å²) in [6.45, 7) is 12.6. The van der Waals surface area contributed by atoms with E-state index in [0.717, 1.165) is 23.3 Å². The summed E-state index contributed by atoms with van der Waals surface area (Å²) in [7, 11) is 0. The van der Waals surface area contributed by atoms with Crippen LogP contribution in [0.25, 0.3) is 0 Å². The number of carbonyl (C=O) groups is 1. The van der Waals surface area contributed by atoms with E-state index >= 15 is 0 Å². The molecular weight excluding hydrogens is 473 g/mol. The molecule has 0 aromatic heterocycles. The standard InChI is InChI=1S/C27H33Cl2NO2S/c1-6-9-23-26(31)30(22(7-2)17-33-27(3,4)5)24(18-12-14-20(28)15-13-18)25(32-23)19-10-8-11-21(29)16-19/h6,8,10-16,22-25H,1,7,9,17H2,2-5H3/t22-,23-,24-,25-/m1/s1. The average Bonchev–Trinajstić information content (AvgIpc) is 2.76. The molecule has 1 amide bonds. The lowest BCUT2D eigenvalue weighted by molar-refractivity contribution is -0.178. The van der Waals surface area contributed by atoms with Gasteiger partial charge in [-0.1, -0.05) is 81.2 Å². The Balaban J connectivity index is 2.13. The number of nitrogens with zero attached hydrogens (tertiary/aromatic N) is 1. The van der Waals surface area contributed by atoms with Gasteiger partial charge in [-0.05, 0) is 41.8 Å². The Labute approximate surface area is 212 Å². The fraction of sp³-hybridized carbons (Fsp3) is 0.444. The molecule has 0 saturated carbocycles. The van der Waals surface area contributed by atoms with Crippen molar-refractivity contribution in [2.24, 2.45) is 0 Å². The Morgan fingerprint density at radius 1 is 1.12 bits per heavy atom. The second-order valence-electron chi connectivity index (χ2n) is 9.35. The van der Waals surface area contributed by atoms with E-state index < -0.39 is 6.10 Å². The van der Waals surface area contributed by atoms with Gasteiger partial charge in [-0.3, -0.25) is 4.79 Å². The van der Waals surface area contributed by atoms with E-state index in [1.165, 1.54) is 0 Å². The van der Waals surface area contributed by atoms with Crippen LogP contribution in [0.15, 0.2) is 61.2 Å². The van der Waals surface area contributed by atoms with Crippen LogP contribution in [0.3, 0.4) is 0 Å². The largest absolute Gasteiger partial charge is 0.358 e. The second-order valence-corrected chi connectivity index (χ2v) is 12.1. The lowest BCUT2D eigenvalue weighted by Crippen LogP contribution is -2.55. The van der Waals surface area contributed by atoms with Gasteiger partial charge < -0.3 is 9.64 Å². The normalized spacial score (nSPS) is 22.3. The van der Waals surface area contributed by atoms with Gasteiger partial charge in [0, 0.05) is 33.0 Å². The van der Waals surface area contributed by atoms with Crippen LogP contribution in [0, 0.1) is 0 Å². The highest BCUT2D eigenvalue weighted by Gasteiger charge is 2.46. The molecule has 3 nitrogen and oxygen atoms in total. The number of ether oxygens (including phenoxy) is 1. The van der Waals surface area contributed by atoms with Crippen molar-refractivity contribution in [3.63, 3.8) is 0 Å². The maximum absolute atomic E-state index is 13.8. The van der Waals surface area contributed by atoms with Crippen LogP contribution in [0.4, 0.5) is 0 Å². The maximum Gasteiger partial charge on any atom is 0.252 e. The molecule has 0 N–H and O–H groups in total. The van der Waals surface area contributed by atoms with Crippen LogP contribution < -0.4 is 0 Å². The molecular formula is C27H33Cl2NO2S. The van der Waals surface area contributed by atoms with Gasteiger partial charge >= 0.3 is 0 Å². The van der Waals surface area contributed by atoms with Crippen molar-refractivity contribution in [3.8, 4) is 0 Å². The Morgan fingerprint density at radius 2 is 1.82 bits per heavy atom. The number of halogens is 2. The quantitative estimate of drug-likeness (QED) is 0.341. The summed E-state index contributed by atoms with van der Waals surface area (Å²) < 4.78 is 6.59. The molecule has 33 heavy (non-hydrogen) atoms. The summed E-state index contributed by atoms with van der Waals surface area (Å²) in [4.78, 5) is 15.9. The topological polar surface area (TPSA) is 29.5 Å². The van der Waals surface area contributed by atoms with E-state index in [9.17, 15) is 4.79 Å². The number of benzene rings is 2. The monoisotopic (exact) mass is 505 g/mol. The van der Waals surface area contributed by atoms with Crippen LogP contribution in [0.1, 0.15) is 63.8 Å². The highest BCUT2D eigenvalue weighted by Crippen LogP contribution is 2.45. The molecule has 1 fully saturated rings. The van der Waals surface area contributed by atoms with E-state index in [0.29, 0.717) is 16.5 Å². The molecule has 2 aromatic carbocycles. The highest BCUT2D eigenvalue weighted by atomic mass is 35.5. The first-order chi connectivity index (χ1) is 15.6. The van der Waals surface area contributed by atoms with E-state index in [2.05, 4.69) is 39.2 Å². The third-order valence-electron chi connectivity index (χ3n) is 5.77. The lowest BCUT2D eigenvalue weighted by Gasteiger charge is -2.48. The van der Waals surface area contributed by atoms with Crippen LogP contribution in [-0.4, -0.2) is 33.5 Å². The molecule has 0 unspecified atom stereocenters. The van der Waals surface area contributed by atoms with Crippen LogP contribution in [0.5, 0.6) is 0 Å². The van der Waals surface area contributed by atoms with Crippen molar-refractivity contribution in [2.45, 2.75) is 69.6 Å². The Hall–Kier alpha value is -1.46. The number of morpholine rings is 1. The van der Waals surface area contributed by atoms with E-state index in [4.69, 9.17) is 27.9 Å². The van der Waals surface area contributed by atoms with Crippen LogP contribution in [0.2, 0.25) is 10.0 Å². The minimum atomic E-state index is -0.580. The second kappa shape index (κ2) is 11.3. The molecule has 3 rings (SSSR count). The first kappa shape index (κ1) is 26.2. The Bertz CT molecular complexity index is 957. The van der Waals surface area contributed by atoms with Crippen LogP contribution in [-0.2, 0) is 9.53 Å². The fourth-order valence-corrected chi connectivity index (χ4v) is 5.57. The molecule has 1 aliphatic heterocycles. The first-order valence-electron chi connectivity index (χ1n) is 11.4. The third-order valence-corrected chi connectivity index (χ3v) is 7.67. The minimum absolute atomic E-state index is 0.00878. The number of carbonyl (C=O) groups excluding carboxylic acids is 1. The first-order valence-corrected chi connectivity index (χ1v) is 13.1. The minimum Gasteiger partial charge on any atom is -0.358 e. The molecule has 2 aromatic rings. The molecule has 1 saturated heterocycles. The summed E-state index contributed by atoms with van der Waals surface area (Å²) in [6, 6.07) is 15.2. The number of thioether (sulfide) groups is 1. The number of rotatable bonds is 8. The highest BCUT2D eigenvalue weighted by molar-refractivity contribution is 8.00. The summed E-state index contributed by atoms with van der Waals surface area (Å²) in [5.74, 6) is 0.855. The van der Waals surface area contributed by atoms with Crippen molar-refractivity contribution < 1.29 is 9.53 Å². The van der Waals surface area contributed by atoms with Gasteiger partial charge in [-0.25, -0.2) is 0 Å². The van der Waals surface area contributed by atoms with Gasteiger partial charge in [-0.15, -0.1) is 6.58 Å². The predicted octanol–water partition coefficient (Wildman–Crippen LogP) is 7.89. The lowest BCUT2D eigenvalue weighted by atomic mass is 9.89. The Morgan fingerprint density at radius 3 is 2.39 bits per heavy atom. The SMILES string of the molecule is C=CC[C@H]1O[C@H](c2cccc(Cl)c2)[C@@H](c2ccc(Cl)cc2)N([C@H](CC)CSC(C)(C)C)C1=O. The summed E-state index contributed by atoms with van der Waals surface area (Å²) in [6.07, 6.45) is 2.12. The molecule has 0 radical (unpaired) electrons. The summed E-state index contributed by atoms with van der Waals surface area (Å²) in [5, 5.41) is 1.30. The molecule has 1 aliphatic rings. The molecule has 6 heteroatoms. The van der Waals surface area contributed by atoms with E-state index in [1.807, 2.05) is 60.3 Å². The zero-order valence-electron chi connectivity index (χ0n) is 19.8. The van der Waals surface area contributed by atoms with E-state index in [1.54, 1.807) is 6.08 Å². The molecule has 4 atom stereocenters. The number of hydrogen-bond donors (Lipinski definition) is 0. The van der Waals surface area contributed by atoms with Crippen LogP contribution >= 0.6 is 35.0 Å². The zero-order chi connectivity index (χ0) is 24.2. The molecule has 1 heterocycles. The fourth-order valence-electron chi connectivity index (χ4n) is 4.15. The number of amides is 1. The third kappa shape index (κ3) is 6.57. The summed E-state index contributed by atoms with van der Waals surface area (Å²) >= 11 is 14.4. The van der Waals surface area contributed by atoms with Gasteiger partial charge in [-0.2, -0.15) is 11.8 Å². The van der Waals surface area contributed by atoms with Crippen molar-refractivity contribution in [1.82, 2.24) is 4.90 Å². The predicted molar refractivity (Wildman–Crippen MR) is 141 cm³/mol. The maximum atomic E-state index is 13.8. The molecule has 0 spiro atoms. The van der Waals surface area contributed by atoms with Gasteiger partial charge in [0.05, 0.1) is 6.04 Å². The van der Waals surface area contributed by atoms with Gasteiger partial charge in [0.1, 0.15) is 12.2 Å². The number of hydrogen-bond acceptors (Lipinski definition) is 3. The smallest absolute Gasteiger partial charge is 0.252 e. The zero-order valence-corrected chi connectivity index (χ0v) is 22.1. The average molecular weight is 507 g/mol. The van der Waals surface area contributed by atoms with Crippen molar-refractivity contribution in [3.05, 3.63) is 82.4 Å².